The number of imidazole rings is 1. The maximum absolute atomic E-state index is 4.91. The van der Waals surface area contributed by atoms with E-state index in [1.165, 1.54) is 33.4 Å². The first-order valence-electron chi connectivity index (χ1n) is 17.8. The van der Waals surface area contributed by atoms with E-state index in [0.29, 0.717) is 0 Å². The molecular formula is C48H33N4S+. The number of para-hydroxylation sites is 3. The lowest BCUT2D eigenvalue weighted by atomic mass is 9.92. The van der Waals surface area contributed by atoms with Crippen molar-refractivity contribution in [2.24, 2.45) is 0 Å². The predicted molar refractivity (Wildman–Crippen MR) is 218 cm³/mol. The van der Waals surface area contributed by atoms with Crippen molar-refractivity contribution in [1.82, 2.24) is 9.55 Å². The third kappa shape index (κ3) is 5.59. The van der Waals surface area contributed by atoms with E-state index in [9.17, 15) is 0 Å². The van der Waals surface area contributed by atoms with Gasteiger partial charge >= 0.3 is 0 Å². The highest BCUT2D eigenvalue weighted by atomic mass is 32.2. The van der Waals surface area contributed by atoms with E-state index in [4.69, 9.17) is 4.98 Å². The molecule has 5 heteroatoms. The van der Waals surface area contributed by atoms with Crippen molar-refractivity contribution < 1.29 is 4.57 Å². The molecule has 2 aromatic heterocycles. The number of pyridine rings is 1. The van der Waals surface area contributed by atoms with Crippen LogP contribution in [0.1, 0.15) is 0 Å². The minimum atomic E-state index is 0.880. The Balaban J connectivity index is 1.09. The van der Waals surface area contributed by atoms with Gasteiger partial charge < -0.3 is 0 Å². The van der Waals surface area contributed by atoms with Crippen LogP contribution < -0.4 is 9.47 Å². The lowest BCUT2D eigenvalue weighted by Crippen LogP contribution is -2.28. The average Bonchev–Trinajstić information content (AvgIpc) is 3.57. The van der Waals surface area contributed by atoms with Gasteiger partial charge in [-0.25, -0.2) is 4.98 Å². The second kappa shape index (κ2) is 13.1. The molecular weight excluding hydrogens is 665 g/mol. The van der Waals surface area contributed by atoms with Gasteiger partial charge in [0.05, 0.1) is 11.4 Å². The summed E-state index contributed by atoms with van der Waals surface area (Å²) < 4.78 is 4.54. The van der Waals surface area contributed by atoms with Crippen molar-refractivity contribution in [2.75, 3.05) is 4.90 Å². The van der Waals surface area contributed by atoms with Crippen LogP contribution in [0.2, 0.25) is 0 Å². The fraction of sp³-hybridized carbons (Fsp3) is 0. The Morgan fingerprint density at radius 3 is 2.04 bits per heavy atom. The minimum Gasteiger partial charge on any atom is -0.294 e. The van der Waals surface area contributed by atoms with E-state index in [1.807, 2.05) is 12.3 Å². The summed E-state index contributed by atoms with van der Waals surface area (Å²) in [4.78, 5) is 9.55. The van der Waals surface area contributed by atoms with Crippen molar-refractivity contribution in [3.8, 4) is 44.8 Å². The first-order valence-corrected chi connectivity index (χ1v) is 18.6. The molecule has 0 saturated carbocycles. The standard InChI is InChI=1S/C48H33N4S/c1-3-14-34(15-4-1)35-25-28-44-43(30-35)41-21-8-7-20-40(41)42-27-26-39(32-47(42)52(44)48-24-11-12-29-49-48)53-38-19-13-18-37(31-38)51-33-50(36-16-5-2-6-17-36)45-22-9-10-23-46(45)51/h1-33H/q+1. The molecule has 7 aromatic carbocycles. The Morgan fingerprint density at radius 2 is 1.21 bits per heavy atom. The zero-order valence-corrected chi connectivity index (χ0v) is 29.6. The maximum Gasteiger partial charge on any atom is 0.255 e. The molecule has 250 valence electrons. The van der Waals surface area contributed by atoms with E-state index >= 15 is 0 Å². The Labute approximate surface area is 312 Å². The predicted octanol–water partition coefficient (Wildman–Crippen LogP) is 12.2. The number of hydrogen-bond acceptors (Lipinski definition) is 3. The second-order valence-corrected chi connectivity index (χ2v) is 14.3. The molecule has 4 nitrogen and oxygen atoms in total. The number of fused-ring (bicyclic) bond motifs is 6. The van der Waals surface area contributed by atoms with E-state index in [0.717, 1.165) is 49.4 Å². The Kier molecular flexibility index (Phi) is 7.70. The molecule has 3 heterocycles. The van der Waals surface area contributed by atoms with Gasteiger partial charge in [-0.15, -0.1) is 0 Å². The summed E-state index contributed by atoms with van der Waals surface area (Å²) in [5.41, 5.74) is 13.9. The zero-order chi connectivity index (χ0) is 35.1. The van der Waals surface area contributed by atoms with Crippen molar-refractivity contribution in [2.45, 2.75) is 9.79 Å². The van der Waals surface area contributed by atoms with Gasteiger partial charge in [0.2, 0.25) is 0 Å². The molecule has 0 radical (unpaired) electrons. The Morgan fingerprint density at radius 1 is 0.472 bits per heavy atom. The quantitative estimate of drug-likeness (QED) is 0.162. The van der Waals surface area contributed by atoms with Crippen LogP contribution in [0.4, 0.5) is 17.2 Å². The summed E-state index contributed by atoms with van der Waals surface area (Å²) in [5.74, 6) is 0.880. The number of hydrogen-bond donors (Lipinski definition) is 0. The molecule has 1 aliphatic heterocycles. The van der Waals surface area contributed by atoms with Crippen molar-refractivity contribution in [3.05, 3.63) is 201 Å². The summed E-state index contributed by atoms with van der Waals surface area (Å²) >= 11 is 1.78. The Hall–Kier alpha value is -6.69. The number of nitrogens with zero attached hydrogens (tertiary/aromatic N) is 4. The molecule has 0 atom stereocenters. The van der Waals surface area contributed by atoms with Crippen LogP contribution >= 0.6 is 11.8 Å². The van der Waals surface area contributed by atoms with Gasteiger partial charge in [0.15, 0.2) is 11.0 Å². The van der Waals surface area contributed by atoms with E-state index in [1.54, 1.807) is 11.8 Å². The molecule has 9 aromatic rings. The lowest BCUT2D eigenvalue weighted by molar-refractivity contribution is -0.567. The Bertz CT molecular complexity index is 2760. The maximum atomic E-state index is 4.91. The number of anilines is 3. The smallest absolute Gasteiger partial charge is 0.255 e. The third-order valence-corrected chi connectivity index (χ3v) is 10.9. The normalized spacial score (nSPS) is 11.8. The summed E-state index contributed by atoms with van der Waals surface area (Å²) in [6.45, 7) is 0. The van der Waals surface area contributed by atoms with Gasteiger partial charge in [0.25, 0.3) is 6.33 Å². The third-order valence-electron chi connectivity index (χ3n) is 9.94. The van der Waals surface area contributed by atoms with Crippen molar-refractivity contribution >= 4 is 40.0 Å². The summed E-state index contributed by atoms with van der Waals surface area (Å²) in [6.07, 6.45) is 4.07. The van der Waals surface area contributed by atoms with Crippen LogP contribution in [0.5, 0.6) is 0 Å². The molecule has 0 unspecified atom stereocenters. The van der Waals surface area contributed by atoms with E-state index < -0.39 is 0 Å². The second-order valence-electron chi connectivity index (χ2n) is 13.1. The molecule has 0 bridgehead atoms. The molecule has 0 spiro atoms. The van der Waals surface area contributed by atoms with Crippen LogP contribution in [-0.2, 0) is 0 Å². The average molecular weight is 698 g/mol. The van der Waals surface area contributed by atoms with Crippen LogP contribution in [0.25, 0.3) is 55.8 Å². The number of benzene rings is 7. The van der Waals surface area contributed by atoms with Gasteiger partial charge in [-0.2, -0.15) is 9.13 Å². The fourth-order valence-corrected chi connectivity index (χ4v) is 8.41. The van der Waals surface area contributed by atoms with Gasteiger partial charge in [0.1, 0.15) is 17.2 Å². The fourth-order valence-electron chi connectivity index (χ4n) is 7.50. The highest BCUT2D eigenvalue weighted by Crippen LogP contribution is 2.52. The topological polar surface area (TPSA) is 24.9 Å². The van der Waals surface area contributed by atoms with E-state index in [-0.39, 0.29) is 0 Å². The van der Waals surface area contributed by atoms with E-state index in [2.05, 4.69) is 202 Å². The highest BCUT2D eigenvalue weighted by Gasteiger charge is 2.27. The van der Waals surface area contributed by atoms with Crippen LogP contribution in [-0.4, -0.2) is 9.55 Å². The van der Waals surface area contributed by atoms with Crippen LogP contribution in [0.15, 0.2) is 210 Å². The lowest BCUT2D eigenvalue weighted by Gasteiger charge is -2.27. The summed E-state index contributed by atoms with van der Waals surface area (Å²) in [6, 6.07) is 67.1. The van der Waals surface area contributed by atoms with Crippen LogP contribution in [0.3, 0.4) is 0 Å². The number of rotatable bonds is 6. The molecule has 0 fully saturated rings. The molecule has 0 saturated heterocycles. The molecule has 10 rings (SSSR count). The van der Waals surface area contributed by atoms with Crippen molar-refractivity contribution in [3.63, 3.8) is 0 Å². The van der Waals surface area contributed by atoms with Crippen molar-refractivity contribution in [1.29, 1.82) is 0 Å². The molecule has 0 aliphatic carbocycles. The first-order chi connectivity index (χ1) is 26.3. The highest BCUT2D eigenvalue weighted by molar-refractivity contribution is 7.99. The minimum absolute atomic E-state index is 0.880. The summed E-state index contributed by atoms with van der Waals surface area (Å²) in [5, 5.41) is 0. The van der Waals surface area contributed by atoms with Gasteiger partial charge in [-0.05, 0) is 101 Å². The van der Waals surface area contributed by atoms with Gasteiger partial charge in [0, 0.05) is 27.1 Å². The number of aromatic nitrogens is 3. The molecule has 53 heavy (non-hydrogen) atoms. The SMILES string of the molecule is c1ccc(-c2ccc3c(c2)-c2ccccc2-c2ccc(Sc4cccc(-n5c[n+](-c6ccccc6)c6ccccc65)c4)cc2N3c2ccccn2)cc1. The largest absolute Gasteiger partial charge is 0.294 e. The first kappa shape index (κ1) is 31.1. The molecule has 1 aliphatic rings. The van der Waals surface area contributed by atoms with Crippen LogP contribution in [0, 0.1) is 0 Å². The monoisotopic (exact) mass is 697 g/mol. The summed E-state index contributed by atoms with van der Waals surface area (Å²) in [7, 11) is 0. The molecule has 0 amide bonds. The zero-order valence-electron chi connectivity index (χ0n) is 28.7. The molecule has 0 N–H and O–H groups in total. The van der Waals surface area contributed by atoms with Gasteiger partial charge in [-0.3, -0.25) is 4.90 Å². The van der Waals surface area contributed by atoms with Gasteiger partial charge in [-0.1, -0.05) is 121 Å².